The predicted octanol–water partition coefficient (Wildman–Crippen LogP) is 2.29. The van der Waals surface area contributed by atoms with Crippen LogP contribution in [0.3, 0.4) is 0 Å². The lowest BCUT2D eigenvalue weighted by Gasteiger charge is -2.56. The maximum atomic E-state index is 12.5. The molecule has 1 heterocycles. The van der Waals surface area contributed by atoms with Crippen LogP contribution in [0.4, 0.5) is 4.79 Å². The fourth-order valence-electron chi connectivity index (χ4n) is 4.81. The van der Waals surface area contributed by atoms with Crippen molar-refractivity contribution >= 4 is 6.03 Å². The number of carbonyl (C=O) groups excluding carboxylic acids is 1. The molecule has 0 bridgehead atoms. The van der Waals surface area contributed by atoms with E-state index < -0.39 is 0 Å². The minimum atomic E-state index is -0.277. The highest BCUT2D eigenvalue weighted by molar-refractivity contribution is 5.74. The minimum Gasteiger partial charge on any atom is -0.392 e. The molecule has 2 fully saturated rings. The third-order valence-electron chi connectivity index (χ3n) is 6.55. The molecule has 136 valence electrons. The first-order valence-electron chi connectivity index (χ1n) is 9.54. The van der Waals surface area contributed by atoms with Crippen LogP contribution in [0, 0.1) is 5.41 Å². The van der Waals surface area contributed by atoms with Gasteiger partial charge in [-0.1, -0.05) is 24.3 Å². The Hall–Kier alpha value is -1.59. The van der Waals surface area contributed by atoms with Gasteiger partial charge in [-0.05, 0) is 37.3 Å². The number of hydrogen-bond acceptors (Lipinski definition) is 3. The number of carbonyl (C=O) groups is 1. The highest BCUT2D eigenvalue weighted by Gasteiger charge is 2.56. The van der Waals surface area contributed by atoms with E-state index in [0.29, 0.717) is 32.2 Å². The number of aliphatic hydroxyl groups is 1. The molecule has 1 spiro atoms. The zero-order valence-electron chi connectivity index (χ0n) is 14.9. The summed E-state index contributed by atoms with van der Waals surface area (Å²) in [6.07, 6.45) is 3.34. The first-order chi connectivity index (χ1) is 12.1. The van der Waals surface area contributed by atoms with Crippen molar-refractivity contribution in [3.05, 3.63) is 35.4 Å². The lowest BCUT2D eigenvalue weighted by Crippen LogP contribution is -2.63. The molecular weight excluding hydrogens is 316 g/mol. The lowest BCUT2D eigenvalue weighted by molar-refractivity contribution is -0.207. The number of piperidine rings is 1. The molecule has 1 aromatic carbocycles. The van der Waals surface area contributed by atoms with Crippen molar-refractivity contribution in [2.45, 2.75) is 50.7 Å². The van der Waals surface area contributed by atoms with Gasteiger partial charge in [-0.15, -0.1) is 0 Å². The van der Waals surface area contributed by atoms with E-state index >= 15 is 0 Å². The van der Waals surface area contributed by atoms with Crippen LogP contribution in [0.2, 0.25) is 0 Å². The molecule has 1 aromatic rings. The Morgan fingerprint density at radius 3 is 2.80 bits per heavy atom. The van der Waals surface area contributed by atoms with Gasteiger partial charge < -0.3 is 20.1 Å². The Morgan fingerprint density at radius 1 is 1.36 bits per heavy atom. The van der Waals surface area contributed by atoms with Gasteiger partial charge >= 0.3 is 6.03 Å². The minimum absolute atomic E-state index is 0.0287. The number of nitrogens with zero attached hydrogens (tertiary/aromatic N) is 1. The Kier molecular flexibility index (Phi) is 4.46. The third-order valence-corrected chi connectivity index (χ3v) is 6.55. The molecule has 5 nitrogen and oxygen atoms in total. The number of likely N-dealkylation sites (tertiary alicyclic amines) is 1. The van der Waals surface area contributed by atoms with Crippen molar-refractivity contribution in [3.63, 3.8) is 0 Å². The monoisotopic (exact) mass is 344 g/mol. The Balaban J connectivity index is 1.26. The van der Waals surface area contributed by atoms with E-state index in [-0.39, 0.29) is 23.7 Å². The number of aliphatic hydroxyl groups excluding tert-OH is 1. The summed E-state index contributed by atoms with van der Waals surface area (Å²) >= 11 is 0. The smallest absolute Gasteiger partial charge is 0.317 e. The van der Waals surface area contributed by atoms with Crippen LogP contribution in [0.25, 0.3) is 0 Å². The molecule has 2 aliphatic carbocycles. The molecule has 0 aromatic heterocycles. The number of benzene rings is 1. The molecule has 3 aliphatic rings. The molecule has 1 saturated heterocycles. The number of rotatable bonds is 4. The van der Waals surface area contributed by atoms with Crippen LogP contribution in [-0.2, 0) is 11.2 Å². The second-order valence-electron chi connectivity index (χ2n) is 7.70. The SMILES string of the molecule is CCO[C@@H]1C[C@H](O)C12CCN(C(=O)NC[C@@H]1Cc3ccccc31)CC2. The van der Waals surface area contributed by atoms with Crippen LogP contribution < -0.4 is 5.32 Å². The summed E-state index contributed by atoms with van der Waals surface area (Å²) < 4.78 is 5.79. The van der Waals surface area contributed by atoms with Gasteiger partial charge in [0.2, 0.25) is 0 Å². The third kappa shape index (κ3) is 2.83. The number of amides is 2. The molecule has 1 aliphatic heterocycles. The summed E-state index contributed by atoms with van der Waals surface area (Å²) in [5.74, 6) is 0.451. The van der Waals surface area contributed by atoms with E-state index in [1.54, 1.807) is 0 Å². The first-order valence-corrected chi connectivity index (χ1v) is 9.54. The maximum absolute atomic E-state index is 12.5. The molecule has 1 saturated carbocycles. The van der Waals surface area contributed by atoms with Crippen LogP contribution >= 0.6 is 0 Å². The van der Waals surface area contributed by atoms with Crippen molar-refractivity contribution in [2.24, 2.45) is 5.41 Å². The van der Waals surface area contributed by atoms with E-state index in [1.165, 1.54) is 11.1 Å². The molecule has 25 heavy (non-hydrogen) atoms. The normalized spacial score (nSPS) is 29.5. The quantitative estimate of drug-likeness (QED) is 0.881. The van der Waals surface area contributed by atoms with Crippen LogP contribution in [0.1, 0.15) is 43.2 Å². The van der Waals surface area contributed by atoms with Crippen LogP contribution in [0.5, 0.6) is 0 Å². The summed E-state index contributed by atoms with van der Waals surface area (Å²) in [6, 6.07) is 8.49. The van der Waals surface area contributed by atoms with E-state index in [1.807, 2.05) is 11.8 Å². The van der Waals surface area contributed by atoms with Gasteiger partial charge in [-0.2, -0.15) is 0 Å². The van der Waals surface area contributed by atoms with E-state index in [2.05, 4.69) is 29.6 Å². The highest BCUT2D eigenvalue weighted by Crippen LogP contribution is 2.50. The average molecular weight is 344 g/mol. The van der Waals surface area contributed by atoms with Gasteiger partial charge in [0.25, 0.3) is 0 Å². The standard InChI is InChI=1S/C20H28N2O3/c1-2-25-18-12-17(23)20(18)7-9-22(10-8-20)19(24)21-13-15-11-14-5-3-4-6-16(14)15/h3-6,15,17-18,23H,2,7-13H2,1H3,(H,21,24)/t15-,17-,18+/m0/s1. The van der Waals surface area contributed by atoms with E-state index in [0.717, 1.165) is 25.7 Å². The van der Waals surface area contributed by atoms with Crippen molar-refractivity contribution in [1.82, 2.24) is 10.2 Å². The van der Waals surface area contributed by atoms with Gasteiger partial charge in [0.1, 0.15) is 0 Å². The molecular formula is C20H28N2O3. The molecule has 3 atom stereocenters. The fourth-order valence-corrected chi connectivity index (χ4v) is 4.81. The average Bonchev–Trinajstić information content (AvgIpc) is 2.62. The number of ether oxygens (including phenoxy) is 1. The molecule has 2 N–H and O–H groups in total. The summed E-state index contributed by atoms with van der Waals surface area (Å²) in [4.78, 5) is 14.4. The van der Waals surface area contributed by atoms with Crippen LogP contribution in [0.15, 0.2) is 24.3 Å². The van der Waals surface area contributed by atoms with Crippen LogP contribution in [-0.4, -0.2) is 54.5 Å². The zero-order chi connectivity index (χ0) is 17.4. The summed E-state index contributed by atoms with van der Waals surface area (Å²) in [5, 5.41) is 13.4. The van der Waals surface area contributed by atoms with Gasteiger partial charge in [0.05, 0.1) is 12.2 Å². The van der Waals surface area contributed by atoms with Crippen molar-refractivity contribution in [2.75, 3.05) is 26.2 Å². The number of urea groups is 1. The molecule has 5 heteroatoms. The Morgan fingerprint density at radius 2 is 2.12 bits per heavy atom. The number of hydrogen-bond donors (Lipinski definition) is 2. The molecule has 2 amide bonds. The summed E-state index contributed by atoms with van der Waals surface area (Å²) in [5.41, 5.74) is 2.65. The Labute approximate surface area is 149 Å². The van der Waals surface area contributed by atoms with Crippen molar-refractivity contribution < 1.29 is 14.6 Å². The van der Waals surface area contributed by atoms with E-state index in [4.69, 9.17) is 4.74 Å². The Bertz CT molecular complexity index is 638. The molecule has 4 rings (SSSR count). The van der Waals surface area contributed by atoms with Gasteiger partial charge in [-0.3, -0.25) is 0 Å². The maximum Gasteiger partial charge on any atom is 0.317 e. The number of nitrogens with one attached hydrogen (secondary N) is 1. The lowest BCUT2D eigenvalue weighted by atomic mass is 9.58. The van der Waals surface area contributed by atoms with Gasteiger partial charge in [0, 0.05) is 44.0 Å². The van der Waals surface area contributed by atoms with Gasteiger partial charge in [0.15, 0.2) is 0 Å². The largest absolute Gasteiger partial charge is 0.392 e. The second kappa shape index (κ2) is 6.61. The second-order valence-corrected chi connectivity index (χ2v) is 7.70. The van der Waals surface area contributed by atoms with Gasteiger partial charge in [-0.25, -0.2) is 4.79 Å². The summed E-state index contributed by atoms with van der Waals surface area (Å²) in [6.45, 7) is 4.80. The molecule has 0 unspecified atom stereocenters. The number of fused-ring (bicyclic) bond motifs is 1. The van der Waals surface area contributed by atoms with E-state index in [9.17, 15) is 9.90 Å². The fraction of sp³-hybridized carbons (Fsp3) is 0.650. The molecule has 0 radical (unpaired) electrons. The zero-order valence-corrected chi connectivity index (χ0v) is 14.9. The van der Waals surface area contributed by atoms with Crippen molar-refractivity contribution in [3.8, 4) is 0 Å². The topological polar surface area (TPSA) is 61.8 Å². The summed E-state index contributed by atoms with van der Waals surface area (Å²) in [7, 11) is 0. The van der Waals surface area contributed by atoms with Crippen molar-refractivity contribution in [1.29, 1.82) is 0 Å². The predicted molar refractivity (Wildman–Crippen MR) is 95.6 cm³/mol. The highest BCUT2D eigenvalue weighted by atomic mass is 16.5. The first kappa shape index (κ1) is 16.9.